The molecule has 0 aliphatic carbocycles. The summed E-state index contributed by atoms with van der Waals surface area (Å²) in [7, 11) is 1.57. The van der Waals surface area contributed by atoms with E-state index >= 15 is 0 Å². The van der Waals surface area contributed by atoms with Crippen molar-refractivity contribution in [3.8, 4) is 0 Å². The average Bonchev–Trinajstić information content (AvgIpc) is 2.38. The number of carbonyl (C=O) groups excluding carboxylic acids is 1. The molecule has 0 bridgehead atoms. The van der Waals surface area contributed by atoms with Gasteiger partial charge in [-0.05, 0) is 11.5 Å². The summed E-state index contributed by atoms with van der Waals surface area (Å²) in [5, 5.41) is 2.77. The number of anilines is 1. The Morgan fingerprint density at radius 2 is 2.10 bits per heavy atom. The van der Waals surface area contributed by atoms with Gasteiger partial charge in [-0.3, -0.25) is 9.59 Å². The van der Waals surface area contributed by atoms with Crippen LogP contribution >= 0.6 is 0 Å². The molecule has 0 saturated heterocycles. The van der Waals surface area contributed by atoms with E-state index < -0.39 is 0 Å². The molecule has 0 radical (unpaired) electrons. The highest BCUT2D eigenvalue weighted by molar-refractivity contribution is 5.90. The zero-order valence-corrected chi connectivity index (χ0v) is 13.2. The van der Waals surface area contributed by atoms with E-state index in [1.54, 1.807) is 19.4 Å². The first-order valence-corrected chi connectivity index (χ1v) is 6.99. The van der Waals surface area contributed by atoms with E-state index in [2.05, 4.69) is 5.32 Å². The van der Waals surface area contributed by atoms with Crippen molar-refractivity contribution in [1.82, 2.24) is 4.57 Å². The number of nitrogens with one attached hydrogen (secondary N) is 1. The fourth-order valence-electron chi connectivity index (χ4n) is 1.69. The van der Waals surface area contributed by atoms with Gasteiger partial charge >= 0.3 is 0 Å². The molecule has 6 heteroatoms. The lowest BCUT2D eigenvalue weighted by Gasteiger charge is -2.26. The number of hydrogen-bond acceptors (Lipinski definition) is 4. The minimum absolute atomic E-state index is 0.128. The van der Waals surface area contributed by atoms with E-state index in [0.717, 1.165) is 0 Å². The number of hydrogen-bond donors (Lipinski definition) is 2. The first-order valence-electron chi connectivity index (χ1n) is 6.99. The largest absolute Gasteiger partial charge is 0.383 e. The summed E-state index contributed by atoms with van der Waals surface area (Å²) in [6.07, 6.45) is 1.85. The molecule has 0 aliphatic rings. The zero-order valence-electron chi connectivity index (χ0n) is 13.2. The van der Waals surface area contributed by atoms with Gasteiger partial charge in [0.2, 0.25) is 5.91 Å². The van der Waals surface area contributed by atoms with Gasteiger partial charge in [0.25, 0.3) is 5.56 Å². The van der Waals surface area contributed by atoms with Gasteiger partial charge in [0.15, 0.2) is 0 Å². The van der Waals surface area contributed by atoms with Crippen LogP contribution in [0.4, 0.5) is 5.69 Å². The summed E-state index contributed by atoms with van der Waals surface area (Å²) in [6, 6.07) is 2.79. The second-order valence-corrected chi connectivity index (χ2v) is 6.17. The minimum atomic E-state index is -0.225. The van der Waals surface area contributed by atoms with Crippen LogP contribution in [0, 0.1) is 5.41 Å². The molecular weight excluding hydrogens is 270 g/mol. The van der Waals surface area contributed by atoms with E-state index in [1.165, 1.54) is 10.6 Å². The number of pyridine rings is 1. The van der Waals surface area contributed by atoms with E-state index in [0.29, 0.717) is 18.8 Å². The highest BCUT2D eigenvalue weighted by Gasteiger charge is 2.23. The molecule has 0 fully saturated rings. The second kappa shape index (κ2) is 7.38. The van der Waals surface area contributed by atoms with Crippen LogP contribution in [0.1, 0.15) is 27.2 Å². The summed E-state index contributed by atoms with van der Waals surface area (Å²) in [4.78, 5) is 23.6. The zero-order chi connectivity index (χ0) is 16.0. The van der Waals surface area contributed by atoms with Crippen molar-refractivity contribution in [3.05, 3.63) is 28.7 Å². The number of aromatic nitrogens is 1. The molecule has 1 heterocycles. The fourth-order valence-corrected chi connectivity index (χ4v) is 1.69. The summed E-state index contributed by atoms with van der Waals surface area (Å²) in [6.45, 7) is 6.87. The number of amides is 1. The van der Waals surface area contributed by atoms with Crippen LogP contribution in [0.25, 0.3) is 0 Å². The first kappa shape index (κ1) is 17.4. The molecule has 0 saturated carbocycles. The van der Waals surface area contributed by atoms with Crippen molar-refractivity contribution >= 4 is 11.6 Å². The van der Waals surface area contributed by atoms with Gasteiger partial charge in [0.05, 0.1) is 12.3 Å². The van der Waals surface area contributed by atoms with Gasteiger partial charge in [0.1, 0.15) is 0 Å². The Morgan fingerprint density at radius 1 is 1.43 bits per heavy atom. The Hall–Kier alpha value is -1.66. The van der Waals surface area contributed by atoms with E-state index in [-0.39, 0.29) is 29.3 Å². The van der Waals surface area contributed by atoms with Gasteiger partial charge in [-0.1, -0.05) is 20.8 Å². The van der Waals surface area contributed by atoms with E-state index in [1.807, 2.05) is 20.8 Å². The minimum Gasteiger partial charge on any atom is -0.383 e. The van der Waals surface area contributed by atoms with Gasteiger partial charge in [-0.15, -0.1) is 0 Å². The van der Waals surface area contributed by atoms with Crippen molar-refractivity contribution in [2.24, 2.45) is 11.1 Å². The van der Waals surface area contributed by atoms with E-state index in [4.69, 9.17) is 10.5 Å². The Balaban J connectivity index is 2.70. The van der Waals surface area contributed by atoms with E-state index in [9.17, 15) is 9.59 Å². The van der Waals surface area contributed by atoms with Crippen LogP contribution in [0.15, 0.2) is 23.1 Å². The quantitative estimate of drug-likeness (QED) is 0.825. The predicted octanol–water partition coefficient (Wildman–Crippen LogP) is 1.20. The van der Waals surface area contributed by atoms with Crippen molar-refractivity contribution in [3.63, 3.8) is 0 Å². The molecule has 21 heavy (non-hydrogen) atoms. The Kier molecular flexibility index (Phi) is 6.11. The third-order valence-electron chi connectivity index (χ3n) is 3.32. The Bertz CT molecular complexity index is 532. The standard InChI is InChI=1S/C15H25N3O3/c1-15(2,3)12(16)9-13(19)17-11-5-6-14(20)18(10-11)7-8-21-4/h5-6,10,12H,7-9,16H2,1-4H3,(H,17,19). The number of carbonyl (C=O) groups is 1. The fraction of sp³-hybridized carbons (Fsp3) is 0.600. The molecule has 1 aromatic rings. The van der Waals surface area contributed by atoms with Crippen LogP contribution in [-0.4, -0.2) is 30.2 Å². The SMILES string of the molecule is COCCn1cc(NC(=O)CC(N)C(C)(C)C)ccc1=O. The molecule has 0 spiro atoms. The maximum absolute atomic E-state index is 12.0. The third kappa shape index (κ3) is 5.69. The Morgan fingerprint density at radius 3 is 2.67 bits per heavy atom. The molecule has 3 N–H and O–H groups in total. The number of ether oxygens (including phenoxy) is 1. The molecule has 6 nitrogen and oxygen atoms in total. The summed E-state index contributed by atoms with van der Waals surface area (Å²) in [5.74, 6) is -0.158. The van der Waals surface area contributed by atoms with Gasteiger partial charge in [0, 0.05) is 38.4 Å². The maximum atomic E-state index is 12.0. The molecule has 1 aromatic heterocycles. The van der Waals surface area contributed by atoms with Gasteiger partial charge < -0.3 is 20.4 Å². The highest BCUT2D eigenvalue weighted by Crippen LogP contribution is 2.20. The summed E-state index contributed by atoms with van der Waals surface area (Å²) < 4.78 is 6.45. The Labute approximate surface area is 125 Å². The second-order valence-electron chi connectivity index (χ2n) is 6.17. The number of nitrogens with two attached hydrogens (primary N) is 1. The molecule has 1 unspecified atom stereocenters. The average molecular weight is 295 g/mol. The molecular formula is C15H25N3O3. The lowest BCUT2D eigenvalue weighted by Crippen LogP contribution is -2.38. The van der Waals surface area contributed by atoms with Crippen molar-refractivity contribution in [2.45, 2.75) is 39.8 Å². The monoisotopic (exact) mass is 295 g/mol. The number of methoxy groups -OCH3 is 1. The highest BCUT2D eigenvalue weighted by atomic mass is 16.5. The van der Waals surface area contributed by atoms with Gasteiger partial charge in [-0.2, -0.15) is 0 Å². The van der Waals surface area contributed by atoms with Crippen LogP contribution in [0.2, 0.25) is 0 Å². The third-order valence-corrected chi connectivity index (χ3v) is 3.32. The van der Waals surface area contributed by atoms with Gasteiger partial charge in [-0.25, -0.2) is 0 Å². The topological polar surface area (TPSA) is 86.3 Å². The maximum Gasteiger partial charge on any atom is 0.250 e. The molecule has 1 atom stereocenters. The van der Waals surface area contributed by atoms with Crippen molar-refractivity contribution in [2.75, 3.05) is 19.0 Å². The lowest BCUT2D eigenvalue weighted by atomic mass is 9.85. The molecule has 0 aliphatic heterocycles. The molecule has 1 amide bonds. The summed E-state index contributed by atoms with van der Waals surface area (Å²) in [5.41, 5.74) is 6.31. The smallest absolute Gasteiger partial charge is 0.250 e. The number of nitrogens with zero attached hydrogens (tertiary/aromatic N) is 1. The van der Waals surface area contributed by atoms with Crippen LogP contribution < -0.4 is 16.6 Å². The van der Waals surface area contributed by atoms with Crippen LogP contribution in [0.5, 0.6) is 0 Å². The summed E-state index contributed by atoms with van der Waals surface area (Å²) >= 11 is 0. The predicted molar refractivity (Wildman–Crippen MR) is 83.3 cm³/mol. The molecule has 1 rings (SSSR count). The number of rotatable bonds is 6. The van der Waals surface area contributed by atoms with Crippen molar-refractivity contribution in [1.29, 1.82) is 0 Å². The van der Waals surface area contributed by atoms with Crippen molar-refractivity contribution < 1.29 is 9.53 Å². The molecule has 118 valence electrons. The van der Waals surface area contributed by atoms with Crippen LogP contribution in [-0.2, 0) is 16.1 Å². The first-order chi connectivity index (χ1) is 9.74. The molecule has 0 aromatic carbocycles. The normalized spacial score (nSPS) is 13.0. The lowest BCUT2D eigenvalue weighted by molar-refractivity contribution is -0.117. The van der Waals surface area contributed by atoms with Crippen LogP contribution in [0.3, 0.4) is 0 Å².